The van der Waals surface area contributed by atoms with Crippen LogP contribution in [0.2, 0.25) is 0 Å². The fraction of sp³-hybridized carbons (Fsp3) is 0.938. The quantitative estimate of drug-likeness (QED) is 0.545. The molecule has 4 fully saturated rings. The molecule has 4 heteroatoms. The average molecular weight is 280 g/mol. The normalized spacial score (nSPS) is 60.9. The summed E-state index contributed by atoms with van der Waals surface area (Å²) in [6.45, 7) is 6.28. The number of fused-ring (bicyclic) bond motifs is 6. The van der Waals surface area contributed by atoms with Crippen LogP contribution in [-0.4, -0.2) is 34.5 Å². The molecule has 0 spiro atoms. The van der Waals surface area contributed by atoms with Crippen LogP contribution in [0.4, 0.5) is 0 Å². The molecular weight excluding hydrogens is 256 g/mol. The van der Waals surface area contributed by atoms with Gasteiger partial charge >= 0.3 is 5.97 Å². The van der Waals surface area contributed by atoms with Crippen molar-refractivity contribution in [1.29, 1.82) is 0 Å². The van der Waals surface area contributed by atoms with Gasteiger partial charge in [0, 0.05) is 11.8 Å². The molecule has 0 bridgehead atoms. The van der Waals surface area contributed by atoms with Crippen molar-refractivity contribution in [2.75, 3.05) is 0 Å². The Morgan fingerprint density at radius 3 is 2.75 bits per heavy atom. The minimum atomic E-state index is -0.562. The highest BCUT2D eigenvalue weighted by molar-refractivity contribution is 5.71. The third-order valence-corrected chi connectivity index (χ3v) is 6.80. The highest BCUT2D eigenvalue weighted by atomic mass is 16.6. The second-order valence-corrected chi connectivity index (χ2v) is 8.03. The summed E-state index contributed by atoms with van der Waals surface area (Å²) >= 11 is 0. The van der Waals surface area contributed by atoms with Crippen LogP contribution < -0.4 is 0 Å². The molecule has 4 aliphatic rings. The van der Waals surface area contributed by atoms with E-state index in [9.17, 15) is 9.90 Å². The predicted octanol–water partition coefficient (Wildman–Crippen LogP) is 2.04. The molecule has 0 aromatic carbocycles. The van der Waals surface area contributed by atoms with Gasteiger partial charge in [0.1, 0.15) is 11.7 Å². The summed E-state index contributed by atoms with van der Waals surface area (Å²) in [7, 11) is 0. The fourth-order valence-electron chi connectivity index (χ4n) is 5.41. The van der Waals surface area contributed by atoms with Gasteiger partial charge < -0.3 is 14.6 Å². The van der Waals surface area contributed by atoms with Crippen molar-refractivity contribution >= 4 is 5.97 Å². The van der Waals surface area contributed by atoms with Crippen LogP contribution >= 0.6 is 0 Å². The molecular formula is C16H24O4. The summed E-state index contributed by atoms with van der Waals surface area (Å²) in [5, 5.41) is 10.4. The van der Waals surface area contributed by atoms with E-state index in [1.54, 1.807) is 0 Å². The molecule has 1 N–H and O–H groups in total. The summed E-state index contributed by atoms with van der Waals surface area (Å²) in [5.41, 5.74) is -1.05. The first kappa shape index (κ1) is 13.1. The average Bonchev–Trinajstić information content (AvgIpc) is 3.13. The van der Waals surface area contributed by atoms with E-state index in [-0.39, 0.29) is 23.6 Å². The Balaban J connectivity index is 1.73. The van der Waals surface area contributed by atoms with Crippen LogP contribution in [0.5, 0.6) is 0 Å². The Morgan fingerprint density at radius 2 is 2.00 bits per heavy atom. The van der Waals surface area contributed by atoms with Crippen LogP contribution in [0.3, 0.4) is 0 Å². The van der Waals surface area contributed by atoms with Gasteiger partial charge in [-0.3, -0.25) is 4.79 Å². The van der Waals surface area contributed by atoms with E-state index in [0.717, 1.165) is 25.7 Å². The van der Waals surface area contributed by atoms with Crippen molar-refractivity contribution in [3.8, 4) is 0 Å². The molecule has 2 saturated heterocycles. The van der Waals surface area contributed by atoms with Gasteiger partial charge in [0.2, 0.25) is 0 Å². The third kappa shape index (κ3) is 1.47. The number of aliphatic hydroxyl groups is 1. The van der Waals surface area contributed by atoms with Crippen LogP contribution in [0.15, 0.2) is 0 Å². The lowest BCUT2D eigenvalue weighted by Gasteiger charge is -2.59. The molecule has 0 radical (unpaired) electrons. The van der Waals surface area contributed by atoms with Crippen molar-refractivity contribution in [3.63, 3.8) is 0 Å². The van der Waals surface area contributed by atoms with E-state index in [1.165, 1.54) is 0 Å². The largest absolute Gasteiger partial charge is 0.456 e. The first-order valence-electron chi connectivity index (χ1n) is 7.87. The lowest BCUT2D eigenvalue weighted by atomic mass is 9.49. The van der Waals surface area contributed by atoms with Crippen molar-refractivity contribution < 1.29 is 19.4 Å². The number of ether oxygens (including phenoxy) is 2. The predicted molar refractivity (Wildman–Crippen MR) is 72.0 cm³/mol. The molecule has 4 rings (SSSR count). The summed E-state index contributed by atoms with van der Waals surface area (Å²) in [6, 6.07) is 0. The summed E-state index contributed by atoms with van der Waals surface area (Å²) in [5.74, 6) is 0.823. The second kappa shape index (κ2) is 3.58. The smallest absolute Gasteiger partial charge is 0.306 e. The van der Waals surface area contributed by atoms with Crippen molar-refractivity contribution in [3.05, 3.63) is 0 Å². The van der Waals surface area contributed by atoms with Crippen LogP contribution in [-0.2, 0) is 14.3 Å². The lowest BCUT2D eigenvalue weighted by molar-refractivity contribution is -0.216. The van der Waals surface area contributed by atoms with Gasteiger partial charge in [-0.2, -0.15) is 0 Å². The molecule has 7 atom stereocenters. The number of epoxide rings is 1. The van der Waals surface area contributed by atoms with Crippen molar-refractivity contribution in [2.45, 2.75) is 76.3 Å². The minimum absolute atomic E-state index is 0.0141. The molecule has 20 heavy (non-hydrogen) atoms. The molecule has 2 aliphatic heterocycles. The Labute approximate surface area is 119 Å². The van der Waals surface area contributed by atoms with E-state index in [2.05, 4.69) is 13.8 Å². The monoisotopic (exact) mass is 280 g/mol. The van der Waals surface area contributed by atoms with Gasteiger partial charge in [-0.25, -0.2) is 0 Å². The van der Waals surface area contributed by atoms with Gasteiger partial charge in [-0.15, -0.1) is 0 Å². The zero-order valence-electron chi connectivity index (χ0n) is 12.5. The number of hydrogen-bond donors (Lipinski definition) is 1. The number of esters is 1. The Bertz CT molecular complexity index is 473. The van der Waals surface area contributed by atoms with Gasteiger partial charge in [0.15, 0.2) is 0 Å². The van der Waals surface area contributed by atoms with Gasteiger partial charge in [-0.05, 0) is 51.4 Å². The van der Waals surface area contributed by atoms with Crippen LogP contribution in [0.1, 0.15) is 52.9 Å². The van der Waals surface area contributed by atoms with Gasteiger partial charge in [0.05, 0.1) is 11.7 Å². The number of rotatable bonds is 0. The third-order valence-electron chi connectivity index (χ3n) is 6.80. The molecule has 112 valence electrons. The maximum Gasteiger partial charge on any atom is 0.306 e. The van der Waals surface area contributed by atoms with E-state index in [4.69, 9.17) is 9.47 Å². The number of hydrogen-bond acceptors (Lipinski definition) is 4. The summed E-state index contributed by atoms with van der Waals surface area (Å²) in [4.78, 5) is 11.8. The van der Waals surface area contributed by atoms with Crippen LogP contribution in [0, 0.1) is 17.3 Å². The molecule has 2 aliphatic carbocycles. The number of carbonyl (C=O) groups is 1. The summed E-state index contributed by atoms with van der Waals surface area (Å²) in [6.07, 6.45) is 4.28. The van der Waals surface area contributed by atoms with Gasteiger partial charge in [-0.1, -0.05) is 6.92 Å². The molecule has 0 amide bonds. The molecule has 0 unspecified atom stereocenters. The second-order valence-electron chi connectivity index (χ2n) is 8.03. The van der Waals surface area contributed by atoms with Crippen molar-refractivity contribution in [1.82, 2.24) is 0 Å². The number of carbonyl (C=O) groups excluding carboxylic acids is 1. The molecule has 0 aromatic rings. The highest BCUT2D eigenvalue weighted by Crippen LogP contribution is 2.66. The Kier molecular flexibility index (Phi) is 2.34. The lowest BCUT2D eigenvalue weighted by Crippen LogP contribution is -2.65. The van der Waals surface area contributed by atoms with Gasteiger partial charge in [0.25, 0.3) is 0 Å². The van der Waals surface area contributed by atoms with Crippen LogP contribution in [0.25, 0.3) is 0 Å². The molecule has 4 nitrogen and oxygen atoms in total. The Hall–Kier alpha value is -0.610. The Morgan fingerprint density at radius 1 is 1.25 bits per heavy atom. The van der Waals surface area contributed by atoms with Crippen molar-refractivity contribution in [2.24, 2.45) is 17.3 Å². The van der Waals surface area contributed by atoms with E-state index in [1.807, 2.05) is 6.92 Å². The van der Waals surface area contributed by atoms with E-state index < -0.39 is 11.2 Å². The minimum Gasteiger partial charge on any atom is -0.456 e. The molecule has 2 heterocycles. The SMILES string of the molecule is C[C@@]1(O)CC[C@H]2[C@H](C1)[C@@H]1O[C@@H]1[C@@]1(C)OC(=O)CC[C@]21C. The molecule has 2 saturated carbocycles. The highest BCUT2D eigenvalue weighted by Gasteiger charge is 2.74. The standard InChI is InChI=1S/C16H24O4/c1-14(18)6-4-10-9(8-14)12-13(19-12)16(3)15(10,2)7-5-11(17)20-16/h9-10,12-13,18H,4-8H2,1-3H3/t9-,10-,12-,13-,14+,15+,16+/m0/s1. The first-order valence-corrected chi connectivity index (χ1v) is 7.87. The zero-order chi connectivity index (χ0) is 14.3. The molecule has 0 aromatic heterocycles. The summed E-state index contributed by atoms with van der Waals surface area (Å²) < 4.78 is 11.7. The fourth-order valence-corrected chi connectivity index (χ4v) is 5.41. The maximum absolute atomic E-state index is 11.8. The first-order chi connectivity index (χ1) is 9.27. The topological polar surface area (TPSA) is 59.1 Å². The maximum atomic E-state index is 11.8. The zero-order valence-corrected chi connectivity index (χ0v) is 12.5. The van der Waals surface area contributed by atoms with E-state index >= 15 is 0 Å². The van der Waals surface area contributed by atoms with E-state index in [0.29, 0.717) is 18.3 Å².